The summed E-state index contributed by atoms with van der Waals surface area (Å²) in [6.45, 7) is 13.7. The van der Waals surface area contributed by atoms with Gasteiger partial charge in [-0.05, 0) is 139 Å². The zero-order valence-electron chi connectivity index (χ0n) is 27.1. The highest BCUT2D eigenvalue weighted by Gasteiger charge is 2.60. The van der Waals surface area contributed by atoms with Gasteiger partial charge in [-0.2, -0.15) is 0 Å². The summed E-state index contributed by atoms with van der Waals surface area (Å²) in [5.74, 6) is 3.32. The quantitative estimate of drug-likeness (QED) is 0.405. The Hall–Kier alpha value is -2.87. The van der Waals surface area contributed by atoms with Gasteiger partial charge in [-0.15, -0.1) is 0 Å². The molecule has 4 unspecified atom stereocenters. The van der Waals surface area contributed by atoms with E-state index in [0.29, 0.717) is 30.0 Å². The molecule has 2 aliphatic carbocycles. The maximum atomic E-state index is 12.3. The molecule has 2 aromatic rings. The highest BCUT2D eigenvalue weighted by molar-refractivity contribution is 5.67. The number of nitrogens with one attached hydrogen (secondary N) is 1. The van der Waals surface area contributed by atoms with E-state index in [1.807, 2.05) is 20.8 Å². The SMILES string of the molecule is COc1ccc2c(c1)CCCN(CCCNC(=O)OC(C)(C)C)C(C13CCC4C(C1)[C@@H](CN4c1nc(C)cc(C)n1)C3)C2. The van der Waals surface area contributed by atoms with E-state index in [0.717, 1.165) is 74.3 Å². The number of fused-ring (bicyclic) bond motifs is 2. The minimum absolute atomic E-state index is 0.322. The molecule has 234 valence electrons. The van der Waals surface area contributed by atoms with Crippen LogP contribution < -0.4 is 15.0 Å². The molecule has 0 radical (unpaired) electrons. The van der Waals surface area contributed by atoms with Gasteiger partial charge in [-0.3, -0.25) is 4.90 Å². The van der Waals surface area contributed by atoms with Crippen LogP contribution in [-0.4, -0.2) is 71.9 Å². The largest absolute Gasteiger partial charge is 0.497 e. The number of aromatic nitrogens is 2. The lowest BCUT2D eigenvalue weighted by Crippen LogP contribution is -2.53. The van der Waals surface area contributed by atoms with Crippen molar-refractivity contribution in [2.75, 3.05) is 38.2 Å². The first-order chi connectivity index (χ1) is 20.5. The number of hydrogen-bond acceptors (Lipinski definition) is 7. The zero-order valence-corrected chi connectivity index (χ0v) is 27.1. The van der Waals surface area contributed by atoms with Crippen LogP contribution in [-0.2, 0) is 17.6 Å². The number of amides is 1. The summed E-state index contributed by atoms with van der Waals surface area (Å²) in [5, 5.41) is 2.99. The van der Waals surface area contributed by atoms with Crippen molar-refractivity contribution >= 4 is 12.0 Å². The molecule has 1 amide bonds. The van der Waals surface area contributed by atoms with Crippen LogP contribution in [0.15, 0.2) is 24.3 Å². The lowest BCUT2D eigenvalue weighted by atomic mass is 9.66. The van der Waals surface area contributed by atoms with Crippen LogP contribution in [0.4, 0.5) is 10.7 Å². The molecule has 6 rings (SSSR count). The minimum Gasteiger partial charge on any atom is -0.497 e. The van der Waals surface area contributed by atoms with Gasteiger partial charge in [0.2, 0.25) is 5.95 Å². The van der Waals surface area contributed by atoms with Crippen LogP contribution in [0, 0.1) is 31.1 Å². The van der Waals surface area contributed by atoms with Crippen molar-refractivity contribution in [2.45, 2.75) is 104 Å². The Balaban J connectivity index is 1.21. The molecule has 43 heavy (non-hydrogen) atoms. The Kier molecular flexibility index (Phi) is 8.35. The van der Waals surface area contributed by atoms with Crippen molar-refractivity contribution in [3.8, 4) is 5.75 Å². The van der Waals surface area contributed by atoms with Crippen molar-refractivity contribution in [3.63, 3.8) is 0 Å². The average Bonchev–Trinajstić information content (AvgIpc) is 3.41. The summed E-state index contributed by atoms with van der Waals surface area (Å²) in [5.41, 5.74) is 4.91. The lowest BCUT2D eigenvalue weighted by molar-refractivity contribution is 0.0309. The molecule has 4 aliphatic rings. The van der Waals surface area contributed by atoms with E-state index in [1.54, 1.807) is 7.11 Å². The van der Waals surface area contributed by atoms with E-state index >= 15 is 0 Å². The number of methoxy groups -OCH3 is 1. The zero-order chi connectivity index (χ0) is 30.4. The Labute approximate surface area is 257 Å². The van der Waals surface area contributed by atoms with E-state index in [4.69, 9.17) is 19.4 Å². The van der Waals surface area contributed by atoms with Gasteiger partial charge in [-0.25, -0.2) is 14.8 Å². The first-order valence-corrected chi connectivity index (χ1v) is 16.5. The van der Waals surface area contributed by atoms with Gasteiger partial charge in [0.25, 0.3) is 0 Å². The van der Waals surface area contributed by atoms with Gasteiger partial charge in [0.1, 0.15) is 11.4 Å². The van der Waals surface area contributed by atoms with Crippen molar-refractivity contribution in [3.05, 3.63) is 46.8 Å². The molecule has 2 saturated carbocycles. The third kappa shape index (κ3) is 6.36. The fourth-order valence-electron chi connectivity index (χ4n) is 8.96. The standard InChI is InChI=1S/C35H51N5O3/c1-23-17-24(2)38-32(37-23)40-22-27-20-35(13-12-30(40)29(27)21-35)31-19-26-10-11-28(42-6)18-25(26)9-7-15-39(31)16-8-14-36-33(41)43-34(3,4)5/h10-11,17-18,27,29-31H,7-9,12-16,19-22H2,1-6H3,(H,36,41)/t27-,29?,30?,31?,35?/m1/s1. The molecule has 0 spiro atoms. The van der Waals surface area contributed by atoms with E-state index in [-0.39, 0.29) is 6.09 Å². The van der Waals surface area contributed by atoms with E-state index < -0.39 is 5.60 Å². The Morgan fingerprint density at radius 2 is 1.91 bits per heavy atom. The van der Waals surface area contributed by atoms with Crippen molar-refractivity contribution < 1.29 is 14.3 Å². The molecule has 3 fully saturated rings. The molecule has 1 aromatic carbocycles. The minimum atomic E-state index is -0.479. The fraction of sp³-hybridized carbons (Fsp3) is 0.686. The Morgan fingerprint density at radius 3 is 2.65 bits per heavy atom. The van der Waals surface area contributed by atoms with Gasteiger partial charge in [-0.1, -0.05) is 6.07 Å². The number of carbonyl (C=O) groups excluding carboxylic acids is 1. The first-order valence-electron chi connectivity index (χ1n) is 16.5. The number of ether oxygens (including phenoxy) is 2. The summed E-state index contributed by atoms with van der Waals surface area (Å²) in [6.07, 6.45) is 8.98. The normalized spacial score (nSPS) is 28.7. The molecule has 5 atom stereocenters. The summed E-state index contributed by atoms with van der Waals surface area (Å²) in [6, 6.07) is 9.87. The van der Waals surface area contributed by atoms with Gasteiger partial charge < -0.3 is 19.7 Å². The van der Waals surface area contributed by atoms with Crippen LogP contribution in [0.2, 0.25) is 0 Å². The number of anilines is 1. The van der Waals surface area contributed by atoms with Gasteiger partial charge in [0.15, 0.2) is 0 Å². The maximum Gasteiger partial charge on any atom is 0.407 e. The highest BCUT2D eigenvalue weighted by atomic mass is 16.6. The smallest absolute Gasteiger partial charge is 0.407 e. The van der Waals surface area contributed by atoms with Gasteiger partial charge in [0, 0.05) is 43.1 Å². The van der Waals surface area contributed by atoms with Crippen molar-refractivity contribution in [1.82, 2.24) is 20.2 Å². The lowest BCUT2D eigenvalue weighted by Gasteiger charge is -2.50. The van der Waals surface area contributed by atoms with Crippen molar-refractivity contribution in [1.29, 1.82) is 0 Å². The van der Waals surface area contributed by atoms with Crippen LogP contribution in [0.25, 0.3) is 0 Å². The molecule has 8 heteroatoms. The fourth-order valence-corrected chi connectivity index (χ4v) is 8.96. The number of nitrogens with zero attached hydrogens (tertiary/aromatic N) is 4. The van der Waals surface area contributed by atoms with Crippen LogP contribution in [0.1, 0.15) is 81.8 Å². The number of rotatable bonds is 7. The van der Waals surface area contributed by atoms with Crippen LogP contribution in [0.5, 0.6) is 5.75 Å². The molecule has 1 saturated heterocycles. The second kappa shape index (κ2) is 11.9. The summed E-state index contributed by atoms with van der Waals surface area (Å²) < 4.78 is 11.1. The molecule has 2 aliphatic heterocycles. The van der Waals surface area contributed by atoms with E-state index in [1.165, 1.54) is 36.8 Å². The first kappa shape index (κ1) is 30.2. The maximum absolute atomic E-state index is 12.3. The Morgan fingerprint density at radius 1 is 1.12 bits per heavy atom. The number of benzene rings is 1. The van der Waals surface area contributed by atoms with Crippen LogP contribution >= 0.6 is 0 Å². The number of carbonyl (C=O) groups is 1. The third-order valence-corrected chi connectivity index (χ3v) is 10.6. The van der Waals surface area contributed by atoms with Gasteiger partial charge in [0.05, 0.1) is 7.11 Å². The predicted molar refractivity (Wildman–Crippen MR) is 170 cm³/mol. The molecular weight excluding hydrogens is 538 g/mol. The third-order valence-electron chi connectivity index (χ3n) is 10.6. The predicted octanol–water partition coefficient (Wildman–Crippen LogP) is 5.87. The summed E-state index contributed by atoms with van der Waals surface area (Å²) >= 11 is 0. The number of alkyl carbamates (subject to hydrolysis) is 1. The topological polar surface area (TPSA) is 79.8 Å². The molecule has 8 nitrogen and oxygen atoms in total. The van der Waals surface area contributed by atoms with Gasteiger partial charge >= 0.3 is 6.09 Å². The van der Waals surface area contributed by atoms with E-state index in [9.17, 15) is 4.79 Å². The van der Waals surface area contributed by atoms with E-state index in [2.05, 4.69) is 53.2 Å². The summed E-state index contributed by atoms with van der Waals surface area (Å²) in [7, 11) is 1.77. The molecule has 2 bridgehead atoms. The number of aryl methyl sites for hydroxylation is 3. The van der Waals surface area contributed by atoms with Crippen molar-refractivity contribution in [2.24, 2.45) is 17.3 Å². The molecule has 1 aromatic heterocycles. The van der Waals surface area contributed by atoms with Crippen LogP contribution in [0.3, 0.4) is 0 Å². The summed E-state index contributed by atoms with van der Waals surface area (Å²) in [4.78, 5) is 27.4. The molecule has 1 N–H and O–H groups in total. The molecular formula is C35H51N5O3. The second-order valence-corrected chi connectivity index (χ2v) is 14.7. The monoisotopic (exact) mass is 589 g/mol. The molecule has 3 heterocycles. The average molecular weight is 590 g/mol. The second-order valence-electron chi connectivity index (χ2n) is 14.7. The highest BCUT2D eigenvalue weighted by Crippen LogP contribution is 2.61. The number of hydrogen-bond donors (Lipinski definition) is 1. The Bertz CT molecular complexity index is 1300.